The van der Waals surface area contributed by atoms with Crippen LogP contribution >= 0.6 is 0 Å². The fourth-order valence-corrected chi connectivity index (χ4v) is 6.60. The number of fused-ring (bicyclic) bond motifs is 2. The van der Waals surface area contributed by atoms with Crippen molar-refractivity contribution in [2.45, 2.75) is 64.0 Å². The standard InChI is InChI=1S/C28H44N6/c1-32(2)15-7-14-29-28-25-10-5-6-11-26(25)30-27(31-28)21-33-16-18-34(19-17-33)24-13-12-22-8-3-4-9-23(22)20-24/h5-6,10-11,22-24H,3-4,7-9,12-21H2,1-2H3,(H,29,30,31). The van der Waals surface area contributed by atoms with E-state index >= 15 is 0 Å². The summed E-state index contributed by atoms with van der Waals surface area (Å²) in [6, 6.07) is 9.24. The van der Waals surface area contributed by atoms with Gasteiger partial charge in [0.2, 0.25) is 0 Å². The Morgan fingerprint density at radius 3 is 2.56 bits per heavy atom. The van der Waals surface area contributed by atoms with Crippen LogP contribution in [0.1, 0.15) is 57.2 Å². The van der Waals surface area contributed by atoms with Gasteiger partial charge in [0.05, 0.1) is 12.1 Å². The zero-order chi connectivity index (χ0) is 23.3. The maximum atomic E-state index is 4.97. The van der Waals surface area contributed by atoms with Crippen LogP contribution in [0.5, 0.6) is 0 Å². The second-order valence-electron chi connectivity index (χ2n) is 11.2. The molecular weight excluding hydrogens is 420 g/mol. The zero-order valence-electron chi connectivity index (χ0n) is 21.4. The predicted octanol–water partition coefficient (Wildman–Crippen LogP) is 4.47. The van der Waals surface area contributed by atoms with E-state index in [1.807, 2.05) is 0 Å². The lowest BCUT2D eigenvalue weighted by Gasteiger charge is -2.46. The fraction of sp³-hybridized carbons (Fsp3) is 0.714. The Bertz CT molecular complexity index is 922. The zero-order valence-corrected chi connectivity index (χ0v) is 21.4. The Balaban J connectivity index is 1.17. The molecule has 3 unspecified atom stereocenters. The first-order valence-corrected chi connectivity index (χ1v) is 13.8. The largest absolute Gasteiger partial charge is 0.369 e. The van der Waals surface area contributed by atoms with Crippen molar-refractivity contribution in [2.24, 2.45) is 11.8 Å². The van der Waals surface area contributed by atoms with Crippen LogP contribution in [0.25, 0.3) is 10.9 Å². The van der Waals surface area contributed by atoms with E-state index < -0.39 is 0 Å². The average molecular weight is 465 g/mol. The molecule has 1 aromatic heterocycles. The third-order valence-corrected chi connectivity index (χ3v) is 8.52. The molecule has 186 valence electrons. The first-order chi connectivity index (χ1) is 16.7. The molecule has 1 N–H and O–H groups in total. The molecule has 5 rings (SSSR count). The van der Waals surface area contributed by atoms with Gasteiger partial charge in [-0.15, -0.1) is 0 Å². The summed E-state index contributed by atoms with van der Waals surface area (Å²) in [7, 11) is 4.25. The Morgan fingerprint density at radius 1 is 0.941 bits per heavy atom. The van der Waals surface area contributed by atoms with Crippen molar-refractivity contribution in [3.05, 3.63) is 30.1 Å². The quantitative estimate of drug-likeness (QED) is 0.582. The smallest absolute Gasteiger partial charge is 0.145 e. The van der Waals surface area contributed by atoms with E-state index in [2.05, 4.69) is 58.4 Å². The molecule has 1 aromatic carbocycles. The highest BCUT2D eigenvalue weighted by Gasteiger charge is 2.35. The van der Waals surface area contributed by atoms with E-state index in [9.17, 15) is 0 Å². The molecule has 2 aliphatic carbocycles. The van der Waals surface area contributed by atoms with Crippen molar-refractivity contribution in [3.8, 4) is 0 Å². The summed E-state index contributed by atoms with van der Waals surface area (Å²) in [5.74, 6) is 3.99. The van der Waals surface area contributed by atoms with E-state index in [1.165, 1.54) is 58.0 Å². The molecule has 0 radical (unpaired) electrons. The molecule has 2 saturated carbocycles. The summed E-state index contributed by atoms with van der Waals surface area (Å²) in [4.78, 5) is 17.5. The lowest BCUT2D eigenvalue weighted by Crippen LogP contribution is -2.52. The van der Waals surface area contributed by atoms with Crippen LogP contribution in [0.2, 0.25) is 0 Å². The molecular formula is C28H44N6. The summed E-state index contributed by atoms with van der Waals surface area (Å²) in [6.45, 7) is 7.52. The number of aromatic nitrogens is 2. The third kappa shape index (κ3) is 5.89. The van der Waals surface area contributed by atoms with Gasteiger partial charge in [-0.2, -0.15) is 0 Å². The van der Waals surface area contributed by atoms with Crippen LogP contribution in [0.3, 0.4) is 0 Å². The third-order valence-electron chi connectivity index (χ3n) is 8.52. The van der Waals surface area contributed by atoms with Crippen molar-refractivity contribution >= 4 is 16.7 Å². The van der Waals surface area contributed by atoms with Crippen molar-refractivity contribution in [1.82, 2.24) is 24.7 Å². The molecule has 0 bridgehead atoms. The Kier molecular flexibility index (Phi) is 7.98. The van der Waals surface area contributed by atoms with Crippen LogP contribution in [0, 0.1) is 11.8 Å². The number of nitrogens with one attached hydrogen (secondary N) is 1. The number of hydrogen-bond acceptors (Lipinski definition) is 6. The highest BCUT2D eigenvalue weighted by molar-refractivity contribution is 5.88. The molecule has 1 aliphatic heterocycles. The minimum atomic E-state index is 0.830. The van der Waals surface area contributed by atoms with Crippen molar-refractivity contribution in [1.29, 1.82) is 0 Å². The Hall–Kier alpha value is -1.76. The summed E-state index contributed by atoms with van der Waals surface area (Å²) in [6.07, 6.45) is 11.4. The molecule has 2 aromatic rings. The Labute approximate surface area is 206 Å². The molecule has 3 atom stereocenters. The fourth-order valence-electron chi connectivity index (χ4n) is 6.60. The van der Waals surface area contributed by atoms with E-state index in [-0.39, 0.29) is 0 Å². The van der Waals surface area contributed by atoms with Gasteiger partial charge in [-0.3, -0.25) is 9.80 Å². The lowest BCUT2D eigenvalue weighted by molar-refractivity contribution is 0.0367. The number of piperazine rings is 1. The van der Waals surface area contributed by atoms with Gasteiger partial charge in [-0.25, -0.2) is 9.97 Å². The van der Waals surface area contributed by atoms with Gasteiger partial charge in [-0.05, 0) is 70.3 Å². The van der Waals surface area contributed by atoms with Crippen LogP contribution < -0.4 is 5.32 Å². The predicted molar refractivity (Wildman–Crippen MR) is 141 cm³/mol. The van der Waals surface area contributed by atoms with Gasteiger partial charge in [0.25, 0.3) is 0 Å². The molecule has 0 amide bonds. The lowest BCUT2D eigenvalue weighted by atomic mass is 9.69. The molecule has 0 spiro atoms. The number of anilines is 1. The van der Waals surface area contributed by atoms with Gasteiger partial charge in [0, 0.05) is 44.2 Å². The van der Waals surface area contributed by atoms with Gasteiger partial charge in [0.15, 0.2) is 0 Å². The van der Waals surface area contributed by atoms with Crippen LogP contribution in [-0.4, -0.2) is 84.1 Å². The van der Waals surface area contributed by atoms with Gasteiger partial charge < -0.3 is 10.2 Å². The van der Waals surface area contributed by atoms with E-state index in [0.717, 1.165) is 79.6 Å². The summed E-state index contributed by atoms with van der Waals surface area (Å²) >= 11 is 0. The second-order valence-corrected chi connectivity index (χ2v) is 11.2. The number of rotatable bonds is 8. The molecule has 6 heteroatoms. The molecule has 6 nitrogen and oxygen atoms in total. The highest BCUT2D eigenvalue weighted by atomic mass is 15.3. The van der Waals surface area contributed by atoms with Crippen LogP contribution in [0.4, 0.5) is 5.82 Å². The molecule has 2 heterocycles. The van der Waals surface area contributed by atoms with Crippen molar-refractivity contribution in [2.75, 3.05) is 58.7 Å². The van der Waals surface area contributed by atoms with E-state index in [1.54, 1.807) is 0 Å². The van der Waals surface area contributed by atoms with Gasteiger partial charge >= 0.3 is 0 Å². The second kappa shape index (κ2) is 11.3. The SMILES string of the molecule is CN(C)CCCNc1nc(CN2CCN(C3CCC4CCCCC4C3)CC2)nc2ccccc12. The summed E-state index contributed by atoms with van der Waals surface area (Å²) < 4.78 is 0. The Morgan fingerprint density at radius 2 is 1.74 bits per heavy atom. The van der Waals surface area contributed by atoms with Crippen LogP contribution in [-0.2, 0) is 6.54 Å². The highest BCUT2D eigenvalue weighted by Crippen LogP contribution is 2.41. The first kappa shape index (κ1) is 24.0. The van der Waals surface area contributed by atoms with Gasteiger partial charge in [-0.1, -0.05) is 37.8 Å². The van der Waals surface area contributed by atoms with E-state index in [4.69, 9.17) is 9.97 Å². The molecule has 1 saturated heterocycles. The maximum Gasteiger partial charge on any atom is 0.145 e. The minimum Gasteiger partial charge on any atom is -0.369 e. The van der Waals surface area contributed by atoms with Gasteiger partial charge in [0.1, 0.15) is 11.6 Å². The van der Waals surface area contributed by atoms with Crippen molar-refractivity contribution in [3.63, 3.8) is 0 Å². The van der Waals surface area contributed by atoms with Crippen molar-refractivity contribution < 1.29 is 0 Å². The number of hydrogen-bond donors (Lipinski definition) is 1. The number of nitrogens with zero attached hydrogens (tertiary/aromatic N) is 5. The topological polar surface area (TPSA) is 47.5 Å². The molecule has 3 aliphatic rings. The van der Waals surface area contributed by atoms with E-state index in [0.29, 0.717) is 0 Å². The first-order valence-electron chi connectivity index (χ1n) is 13.8. The maximum absolute atomic E-state index is 4.97. The summed E-state index contributed by atoms with van der Waals surface area (Å²) in [5, 5.41) is 4.71. The monoisotopic (exact) mass is 464 g/mol. The average Bonchev–Trinajstić information content (AvgIpc) is 2.86. The minimum absolute atomic E-state index is 0.830. The summed E-state index contributed by atoms with van der Waals surface area (Å²) in [5.41, 5.74) is 1.05. The van der Waals surface area contributed by atoms with Crippen LogP contribution in [0.15, 0.2) is 24.3 Å². The number of benzene rings is 1. The molecule has 34 heavy (non-hydrogen) atoms. The normalized spacial score (nSPS) is 26.6. The number of para-hydroxylation sites is 1. The molecule has 3 fully saturated rings.